The summed E-state index contributed by atoms with van der Waals surface area (Å²) in [4.78, 5) is 28.9. The molecule has 4 N–H and O–H groups in total. The fourth-order valence-corrected chi connectivity index (χ4v) is 6.30. The SMILES string of the molecule is CCCCCCCC(=O)N(Cc1ccc(Cl)cc1Cl)C1C=C(C(=O)NCCO)C2c3cc(CO)cc(OC)c3OC2C1O. The molecule has 0 radical (unpaired) electrons. The zero-order valence-corrected chi connectivity index (χ0v) is 26.0. The van der Waals surface area contributed by atoms with Crippen LogP contribution in [0.25, 0.3) is 0 Å². The fraction of sp³-hybridized carbons (Fsp3) is 0.500. The van der Waals surface area contributed by atoms with Crippen molar-refractivity contribution in [3.63, 3.8) is 0 Å². The topological polar surface area (TPSA) is 129 Å². The zero-order chi connectivity index (χ0) is 31.1. The predicted octanol–water partition coefficient (Wildman–Crippen LogP) is 4.51. The highest BCUT2D eigenvalue weighted by Crippen LogP contribution is 2.51. The number of unbranched alkanes of at least 4 members (excludes halogenated alkanes) is 4. The summed E-state index contributed by atoms with van der Waals surface area (Å²) in [6, 6.07) is 7.48. The van der Waals surface area contributed by atoms with Crippen LogP contribution in [0.5, 0.6) is 11.5 Å². The third-order valence-electron chi connectivity index (χ3n) is 8.03. The highest BCUT2D eigenvalue weighted by molar-refractivity contribution is 6.35. The Balaban J connectivity index is 1.76. The molecule has 9 nitrogen and oxygen atoms in total. The maximum atomic E-state index is 13.8. The lowest BCUT2D eigenvalue weighted by Crippen LogP contribution is -2.55. The lowest BCUT2D eigenvalue weighted by atomic mass is 9.77. The molecular formula is C32H40Cl2N2O7. The molecule has 0 fully saturated rings. The Morgan fingerprint density at radius 2 is 1.86 bits per heavy atom. The minimum atomic E-state index is -1.22. The van der Waals surface area contributed by atoms with Gasteiger partial charge in [-0.25, -0.2) is 0 Å². The smallest absolute Gasteiger partial charge is 0.247 e. The molecule has 2 aliphatic rings. The van der Waals surface area contributed by atoms with Gasteiger partial charge in [-0.3, -0.25) is 9.59 Å². The summed E-state index contributed by atoms with van der Waals surface area (Å²) in [6.45, 7) is 1.71. The van der Waals surface area contributed by atoms with Crippen molar-refractivity contribution < 1.29 is 34.4 Å². The summed E-state index contributed by atoms with van der Waals surface area (Å²) in [6.07, 6.45) is 4.55. The van der Waals surface area contributed by atoms with Gasteiger partial charge < -0.3 is 35.0 Å². The van der Waals surface area contributed by atoms with Crippen molar-refractivity contribution in [2.75, 3.05) is 20.3 Å². The van der Waals surface area contributed by atoms with Gasteiger partial charge in [0.2, 0.25) is 11.8 Å². The van der Waals surface area contributed by atoms with Gasteiger partial charge >= 0.3 is 0 Å². The van der Waals surface area contributed by atoms with E-state index in [1.54, 1.807) is 41.3 Å². The molecule has 2 aromatic carbocycles. The molecule has 0 saturated heterocycles. The number of carbonyl (C=O) groups is 2. The summed E-state index contributed by atoms with van der Waals surface area (Å²) in [5.41, 5.74) is 2.08. The standard InChI is InChI=1S/C32H40Cl2N2O7/c1-3-4-5-6-7-8-27(39)36(17-20-9-10-21(33)15-24(20)34)25-16-23(32(41)35-11-12-37)28-22-13-19(18-38)14-26(42-2)30(22)43-31(28)29(25)40/h9-10,13-16,25,28-29,31,37-38,40H,3-8,11-12,17-18H2,1-2H3,(H,35,41). The van der Waals surface area contributed by atoms with E-state index in [1.807, 2.05) is 0 Å². The van der Waals surface area contributed by atoms with Gasteiger partial charge in [0.25, 0.3) is 0 Å². The van der Waals surface area contributed by atoms with E-state index in [9.17, 15) is 24.9 Å². The molecule has 1 aliphatic carbocycles. The van der Waals surface area contributed by atoms with Crippen molar-refractivity contribution in [1.82, 2.24) is 10.2 Å². The molecule has 0 bridgehead atoms. The van der Waals surface area contributed by atoms with E-state index in [0.717, 1.165) is 25.7 Å². The Morgan fingerprint density at radius 3 is 2.53 bits per heavy atom. The summed E-state index contributed by atoms with van der Waals surface area (Å²) < 4.78 is 11.8. The van der Waals surface area contributed by atoms with Crippen LogP contribution in [0.4, 0.5) is 0 Å². The van der Waals surface area contributed by atoms with Gasteiger partial charge in [-0.05, 0) is 47.9 Å². The van der Waals surface area contributed by atoms with Crippen LogP contribution in [0.2, 0.25) is 10.0 Å². The average Bonchev–Trinajstić information content (AvgIpc) is 3.39. The van der Waals surface area contributed by atoms with Crippen LogP contribution in [0.15, 0.2) is 42.0 Å². The van der Waals surface area contributed by atoms with E-state index < -0.39 is 30.1 Å². The second-order valence-corrected chi connectivity index (χ2v) is 11.8. The van der Waals surface area contributed by atoms with Crippen LogP contribution in [-0.4, -0.2) is 70.5 Å². The third-order valence-corrected chi connectivity index (χ3v) is 8.61. The summed E-state index contributed by atoms with van der Waals surface area (Å²) in [5.74, 6) is -0.618. The lowest BCUT2D eigenvalue weighted by Gasteiger charge is -2.41. The van der Waals surface area contributed by atoms with Crippen LogP contribution in [-0.2, 0) is 22.7 Å². The molecule has 1 aliphatic heterocycles. The van der Waals surface area contributed by atoms with Crippen LogP contribution in [0.1, 0.15) is 68.1 Å². The number of halogens is 2. The van der Waals surface area contributed by atoms with Crippen molar-refractivity contribution in [3.8, 4) is 11.5 Å². The third kappa shape index (κ3) is 7.46. The molecule has 1 heterocycles. The molecule has 4 rings (SSSR count). The van der Waals surface area contributed by atoms with E-state index in [4.69, 9.17) is 32.7 Å². The van der Waals surface area contributed by atoms with Crippen LogP contribution >= 0.6 is 23.2 Å². The van der Waals surface area contributed by atoms with E-state index in [0.29, 0.717) is 44.7 Å². The largest absolute Gasteiger partial charge is 0.493 e. The second kappa shape index (κ2) is 15.3. The molecule has 2 amide bonds. The fourth-order valence-electron chi connectivity index (χ4n) is 5.84. The Labute approximate surface area is 262 Å². The molecule has 11 heteroatoms. The van der Waals surface area contributed by atoms with Crippen molar-refractivity contribution in [3.05, 3.63) is 68.7 Å². The summed E-state index contributed by atoms with van der Waals surface area (Å²) in [5, 5.41) is 34.6. The maximum absolute atomic E-state index is 13.8. The highest BCUT2D eigenvalue weighted by atomic mass is 35.5. The van der Waals surface area contributed by atoms with Gasteiger partial charge in [-0.15, -0.1) is 0 Å². The predicted molar refractivity (Wildman–Crippen MR) is 164 cm³/mol. The molecule has 234 valence electrons. The van der Waals surface area contributed by atoms with Crippen molar-refractivity contribution in [2.45, 2.75) is 82.8 Å². The van der Waals surface area contributed by atoms with Crippen molar-refractivity contribution in [2.24, 2.45) is 0 Å². The normalized spacial score (nSPS) is 20.5. The number of aliphatic hydroxyl groups excluding tert-OH is 3. The number of rotatable bonds is 14. The molecule has 43 heavy (non-hydrogen) atoms. The van der Waals surface area contributed by atoms with E-state index in [-0.39, 0.29) is 44.2 Å². The number of aliphatic hydroxyl groups is 3. The van der Waals surface area contributed by atoms with E-state index in [1.165, 1.54) is 7.11 Å². The molecular weight excluding hydrogens is 595 g/mol. The Bertz CT molecular complexity index is 1340. The number of nitrogens with one attached hydrogen (secondary N) is 1. The Morgan fingerprint density at radius 1 is 1.09 bits per heavy atom. The number of methoxy groups -OCH3 is 1. The maximum Gasteiger partial charge on any atom is 0.247 e. The van der Waals surface area contributed by atoms with Crippen molar-refractivity contribution >= 4 is 35.0 Å². The number of ether oxygens (including phenoxy) is 2. The van der Waals surface area contributed by atoms with Crippen LogP contribution in [0.3, 0.4) is 0 Å². The summed E-state index contributed by atoms with van der Waals surface area (Å²) in [7, 11) is 1.48. The minimum absolute atomic E-state index is 0.0231. The second-order valence-electron chi connectivity index (χ2n) is 10.9. The molecule has 4 unspecified atom stereocenters. The van der Waals surface area contributed by atoms with Crippen LogP contribution in [0, 0.1) is 0 Å². The number of carbonyl (C=O) groups excluding carboxylic acids is 2. The number of fused-ring (bicyclic) bond motifs is 3. The lowest BCUT2D eigenvalue weighted by molar-refractivity contribution is -0.138. The number of hydrogen-bond acceptors (Lipinski definition) is 7. The summed E-state index contributed by atoms with van der Waals surface area (Å²) >= 11 is 12.6. The number of benzene rings is 2. The van der Waals surface area contributed by atoms with Gasteiger partial charge in [0.05, 0.1) is 32.3 Å². The van der Waals surface area contributed by atoms with E-state index >= 15 is 0 Å². The number of hydrogen-bond donors (Lipinski definition) is 4. The van der Waals surface area contributed by atoms with Gasteiger partial charge in [-0.1, -0.05) is 61.9 Å². The number of nitrogens with zero attached hydrogens (tertiary/aromatic N) is 1. The molecule has 4 atom stereocenters. The first-order valence-electron chi connectivity index (χ1n) is 14.7. The first kappa shape index (κ1) is 33.1. The Hall–Kier alpha value is -2.82. The molecule has 0 spiro atoms. The zero-order valence-electron chi connectivity index (χ0n) is 24.5. The van der Waals surface area contributed by atoms with Gasteiger partial charge in [0, 0.05) is 40.7 Å². The minimum Gasteiger partial charge on any atom is -0.493 e. The van der Waals surface area contributed by atoms with Gasteiger partial charge in [0.15, 0.2) is 11.5 Å². The van der Waals surface area contributed by atoms with Gasteiger partial charge in [-0.2, -0.15) is 0 Å². The van der Waals surface area contributed by atoms with Crippen molar-refractivity contribution in [1.29, 1.82) is 0 Å². The van der Waals surface area contributed by atoms with Crippen LogP contribution < -0.4 is 14.8 Å². The molecule has 2 aromatic rings. The number of amides is 2. The first-order valence-corrected chi connectivity index (χ1v) is 15.5. The molecule has 0 saturated carbocycles. The monoisotopic (exact) mass is 634 g/mol. The quantitative estimate of drug-likeness (QED) is 0.225. The van der Waals surface area contributed by atoms with E-state index in [2.05, 4.69) is 12.2 Å². The highest BCUT2D eigenvalue weighted by Gasteiger charge is 2.51. The Kier molecular flexibility index (Phi) is 11.7. The molecule has 0 aromatic heterocycles. The van der Waals surface area contributed by atoms with Gasteiger partial charge in [0.1, 0.15) is 12.2 Å². The average molecular weight is 636 g/mol. The first-order chi connectivity index (χ1) is 20.7.